The molecule has 13 nitrogen and oxygen atoms in total. The quantitative estimate of drug-likeness (QED) is 0.0723. The van der Waals surface area contributed by atoms with Gasteiger partial charge in [-0.05, 0) is 59.2 Å². The second kappa shape index (κ2) is 21.1. The van der Waals surface area contributed by atoms with Crippen molar-refractivity contribution < 1.29 is 29.0 Å². The Bertz CT molecular complexity index is 1980. The predicted molar refractivity (Wildman–Crippen MR) is 227 cm³/mol. The Morgan fingerprint density at radius 1 is 0.931 bits per heavy atom. The summed E-state index contributed by atoms with van der Waals surface area (Å²) in [6, 6.07) is 24.5. The number of aromatic nitrogens is 1. The van der Waals surface area contributed by atoms with Gasteiger partial charge in [-0.25, -0.2) is 14.6 Å². The Labute approximate surface area is 349 Å². The number of para-hydroxylation sites is 1. The zero-order chi connectivity index (χ0) is 41.8. The van der Waals surface area contributed by atoms with Crippen molar-refractivity contribution in [3.8, 4) is 0 Å². The minimum absolute atomic E-state index is 0.0657. The summed E-state index contributed by atoms with van der Waals surface area (Å²) in [5.74, 6) is -1.69. The Hall–Kier alpha value is -5.05. The zero-order valence-electron chi connectivity index (χ0n) is 33.9. The van der Waals surface area contributed by atoms with Crippen LogP contribution in [0.5, 0.6) is 0 Å². The monoisotopic (exact) mass is 857 g/mol. The number of benzene rings is 3. The zero-order valence-corrected chi connectivity index (χ0v) is 35.4. The van der Waals surface area contributed by atoms with E-state index in [-0.39, 0.29) is 36.9 Å². The molecule has 3 aromatic carbocycles. The number of rotatable bonds is 19. The van der Waals surface area contributed by atoms with Gasteiger partial charge in [0.1, 0.15) is 6.04 Å². The van der Waals surface area contributed by atoms with Crippen molar-refractivity contribution in [2.75, 3.05) is 20.2 Å². The number of nitrogens with one attached hydrogen (secondary N) is 4. The summed E-state index contributed by atoms with van der Waals surface area (Å²) in [5.41, 5.74) is 6.47. The Kier molecular flexibility index (Phi) is 16.0. The lowest BCUT2D eigenvalue weighted by Crippen LogP contribution is -2.58. The third-order valence-corrected chi connectivity index (χ3v) is 11.7. The molecule has 58 heavy (non-hydrogen) atoms. The molecule has 0 spiro atoms. The number of ether oxygens (including phenoxy) is 1. The third kappa shape index (κ3) is 11.5. The summed E-state index contributed by atoms with van der Waals surface area (Å²) in [7, 11) is 1.24. The number of amides is 5. The molecule has 1 aliphatic heterocycles. The van der Waals surface area contributed by atoms with E-state index in [0.29, 0.717) is 32.4 Å². The average Bonchev–Trinajstić information content (AvgIpc) is 3.58. The first kappa shape index (κ1) is 44.1. The molecule has 1 fully saturated rings. The van der Waals surface area contributed by atoms with Crippen LogP contribution in [0.1, 0.15) is 57.2 Å². The number of aliphatic hydroxyl groups excluding tert-OH is 1. The second-order valence-electron chi connectivity index (χ2n) is 15.1. The lowest BCUT2D eigenvalue weighted by molar-refractivity contribution is -0.132. The molecule has 1 saturated heterocycles. The molecule has 5 rings (SSSR count). The van der Waals surface area contributed by atoms with Crippen LogP contribution in [-0.2, 0) is 33.8 Å². The summed E-state index contributed by atoms with van der Waals surface area (Å²) in [6.07, 6.45) is 1.43. The number of fused-ring (bicyclic) bond motifs is 1. The summed E-state index contributed by atoms with van der Waals surface area (Å²) in [4.78, 5) is 60.5. The van der Waals surface area contributed by atoms with Crippen molar-refractivity contribution in [2.24, 2.45) is 17.8 Å². The fourth-order valence-electron chi connectivity index (χ4n) is 7.46. The van der Waals surface area contributed by atoms with Gasteiger partial charge in [0.05, 0.1) is 36.7 Å². The number of methoxy groups -OCH3 is 1. The SMILES string of the molecule is CCC(C)C(NC(=O)OC)C(=O)NN(Cc1ccc(Br)cc1)CC(O)C(Cc1ccccc1)NC(=O)C(C(C)CC)C1CNC(=O)N1Cc1ccnc2ccccc12. The highest BCUT2D eigenvalue weighted by atomic mass is 79.9. The molecular weight excluding hydrogens is 802 g/mol. The summed E-state index contributed by atoms with van der Waals surface area (Å²) in [5, 5.41) is 23.6. The van der Waals surface area contributed by atoms with Gasteiger partial charge in [0.2, 0.25) is 5.91 Å². The molecule has 1 aliphatic rings. The van der Waals surface area contributed by atoms with Crippen LogP contribution >= 0.6 is 15.9 Å². The molecule has 0 aliphatic carbocycles. The summed E-state index contributed by atoms with van der Waals surface area (Å²) in [6.45, 7) is 8.57. The molecule has 1 aromatic heterocycles. The van der Waals surface area contributed by atoms with Crippen LogP contribution < -0.4 is 21.4 Å². The Balaban J connectivity index is 1.43. The second-order valence-corrected chi connectivity index (χ2v) is 16.0. The topological polar surface area (TPSA) is 165 Å². The number of aliphatic hydroxyl groups is 1. The van der Waals surface area contributed by atoms with Gasteiger partial charge in [-0.1, -0.05) is 117 Å². The number of pyridine rings is 1. The van der Waals surface area contributed by atoms with Crippen molar-refractivity contribution in [1.29, 1.82) is 0 Å². The Morgan fingerprint density at radius 3 is 2.31 bits per heavy atom. The maximum Gasteiger partial charge on any atom is 0.407 e. The van der Waals surface area contributed by atoms with Crippen LogP contribution in [0.3, 0.4) is 0 Å². The first-order valence-corrected chi connectivity index (χ1v) is 20.7. The normalized spacial score (nSPS) is 17.1. The number of hydrogen-bond donors (Lipinski definition) is 5. The van der Waals surface area contributed by atoms with E-state index in [1.807, 2.05) is 113 Å². The third-order valence-electron chi connectivity index (χ3n) is 11.2. The molecule has 4 aromatic rings. The van der Waals surface area contributed by atoms with E-state index in [2.05, 4.69) is 42.3 Å². The van der Waals surface area contributed by atoms with Gasteiger partial charge in [0.15, 0.2) is 0 Å². The van der Waals surface area contributed by atoms with Crippen LogP contribution in [0, 0.1) is 17.8 Å². The highest BCUT2D eigenvalue weighted by Gasteiger charge is 2.43. The summed E-state index contributed by atoms with van der Waals surface area (Å²) < 4.78 is 5.70. The van der Waals surface area contributed by atoms with Crippen LogP contribution in [0.15, 0.2) is 95.6 Å². The van der Waals surface area contributed by atoms with E-state index in [4.69, 9.17) is 4.74 Å². The lowest BCUT2D eigenvalue weighted by atomic mass is 9.83. The van der Waals surface area contributed by atoms with E-state index in [0.717, 1.165) is 32.1 Å². The number of halogens is 1. The molecule has 0 bridgehead atoms. The van der Waals surface area contributed by atoms with Gasteiger partial charge in [-0.3, -0.25) is 20.0 Å². The maximum atomic E-state index is 14.7. The molecule has 0 saturated carbocycles. The number of alkyl carbamates (subject to hydrolysis) is 1. The van der Waals surface area contributed by atoms with Crippen LogP contribution in [0.4, 0.5) is 9.59 Å². The fourth-order valence-corrected chi connectivity index (χ4v) is 7.73. The van der Waals surface area contributed by atoms with Crippen molar-refractivity contribution in [2.45, 2.75) is 84.3 Å². The highest BCUT2D eigenvalue weighted by Crippen LogP contribution is 2.29. The van der Waals surface area contributed by atoms with E-state index < -0.39 is 42.1 Å². The van der Waals surface area contributed by atoms with Crippen molar-refractivity contribution in [1.82, 2.24) is 36.3 Å². The first-order chi connectivity index (χ1) is 27.9. The molecule has 310 valence electrons. The highest BCUT2D eigenvalue weighted by molar-refractivity contribution is 9.10. The van der Waals surface area contributed by atoms with Gasteiger partial charge >= 0.3 is 12.1 Å². The van der Waals surface area contributed by atoms with Gasteiger partial charge in [-0.2, -0.15) is 0 Å². The lowest BCUT2D eigenvalue weighted by Gasteiger charge is -2.36. The van der Waals surface area contributed by atoms with Gasteiger partial charge in [0, 0.05) is 42.2 Å². The standard InChI is InChI=1S/C44H56BrN7O6/c1-6-28(3)39(37-24-47-43(56)52(37)26-32-21-22-46-35-16-12-11-15-34(32)35)41(54)48-36(23-30-13-9-8-10-14-30)38(53)27-51(25-31-17-19-33(45)20-18-31)50-42(55)40(29(4)7-2)49-44(57)58-5/h8-22,28-29,36-40,53H,6-7,23-27H2,1-5H3,(H,47,56)(H,48,54)(H,49,57)(H,50,55). The van der Waals surface area contributed by atoms with Crippen LogP contribution in [0.25, 0.3) is 10.9 Å². The average molecular weight is 859 g/mol. The van der Waals surface area contributed by atoms with Gasteiger partial charge < -0.3 is 30.7 Å². The summed E-state index contributed by atoms with van der Waals surface area (Å²) >= 11 is 3.48. The van der Waals surface area contributed by atoms with Crippen LogP contribution in [0.2, 0.25) is 0 Å². The van der Waals surface area contributed by atoms with Crippen molar-refractivity contribution in [3.05, 3.63) is 112 Å². The molecule has 0 radical (unpaired) electrons. The molecule has 2 heterocycles. The molecule has 7 unspecified atom stereocenters. The number of carbonyl (C=O) groups is 4. The molecule has 5 amide bonds. The van der Waals surface area contributed by atoms with E-state index in [1.165, 1.54) is 7.11 Å². The minimum atomic E-state index is -1.17. The first-order valence-electron chi connectivity index (χ1n) is 20.0. The number of hydrazine groups is 1. The van der Waals surface area contributed by atoms with Crippen molar-refractivity contribution in [3.63, 3.8) is 0 Å². The van der Waals surface area contributed by atoms with E-state index >= 15 is 0 Å². The van der Waals surface area contributed by atoms with Gasteiger partial charge in [-0.15, -0.1) is 0 Å². The van der Waals surface area contributed by atoms with E-state index in [1.54, 1.807) is 16.1 Å². The smallest absolute Gasteiger partial charge is 0.407 e. The van der Waals surface area contributed by atoms with Crippen molar-refractivity contribution >= 4 is 50.8 Å². The number of urea groups is 1. The number of nitrogens with zero attached hydrogens (tertiary/aromatic N) is 3. The molecular formula is C44H56BrN7O6. The minimum Gasteiger partial charge on any atom is -0.453 e. The molecule has 5 N–H and O–H groups in total. The van der Waals surface area contributed by atoms with E-state index in [9.17, 15) is 24.3 Å². The molecule has 7 atom stereocenters. The van der Waals surface area contributed by atoms with Gasteiger partial charge in [0.25, 0.3) is 5.91 Å². The number of carbonyl (C=O) groups excluding carboxylic acids is 4. The predicted octanol–water partition coefficient (Wildman–Crippen LogP) is 5.95. The number of hydrogen-bond acceptors (Lipinski definition) is 8. The Morgan fingerprint density at radius 2 is 1.62 bits per heavy atom. The molecule has 14 heteroatoms. The fraction of sp³-hybridized carbons (Fsp3) is 0.432. The van der Waals surface area contributed by atoms with Crippen LogP contribution in [-0.4, -0.2) is 88.4 Å². The maximum absolute atomic E-state index is 14.7. The largest absolute Gasteiger partial charge is 0.453 e.